The van der Waals surface area contributed by atoms with Crippen LogP contribution in [0.3, 0.4) is 0 Å². The van der Waals surface area contributed by atoms with Crippen molar-refractivity contribution in [2.45, 2.75) is 19.1 Å². The highest BCUT2D eigenvalue weighted by molar-refractivity contribution is 5.86. The molecule has 1 N–H and O–H groups in total. The number of hydrogen-bond donors (Lipinski definition) is 1. The van der Waals surface area contributed by atoms with Crippen LogP contribution < -0.4 is 5.32 Å². The molecule has 1 atom stereocenters. The number of nitrogens with one attached hydrogen (secondary N) is 1. The second-order valence-corrected chi connectivity index (χ2v) is 5.25. The molecular formula is C17H23NO4. The second-order valence-electron chi connectivity index (χ2n) is 5.25. The maximum atomic E-state index is 11.2. The highest BCUT2D eigenvalue weighted by Gasteiger charge is 2.36. The van der Waals surface area contributed by atoms with Crippen LogP contribution in [0.4, 0.5) is 0 Å². The predicted molar refractivity (Wildman–Crippen MR) is 83.3 cm³/mol. The summed E-state index contributed by atoms with van der Waals surface area (Å²) in [5.74, 6) is -0.384. The molecule has 5 nitrogen and oxygen atoms in total. The first-order valence-corrected chi connectivity index (χ1v) is 7.49. The Bertz CT molecular complexity index is 495. The third kappa shape index (κ3) is 4.40. The molecule has 1 aliphatic heterocycles. The van der Waals surface area contributed by atoms with E-state index in [1.54, 1.807) is 6.92 Å². The van der Waals surface area contributed by atoms with Gasteiger partial charge in [-0.2, -0.15) is 0 Å². The first kappa shape index (κ1) is 16.7. The van der Waals surface area contributed by atoms with Crippen molar-refractivity contribution in [3.05, 3.63) is 48.0 Å². The normalized spacial score (nSPS) is 20.8. The van der Waals surface area contributed by atoms with Crippen LogP contribution in [0.5, 0.6) is 0 Å². The van der Waals surface area contributed by atoms with Crippen LogP contribution in [0.15, 0.2) is 42.5 Å². The molecule has 0 radical (unpaired) electrons. The van der Waals surface area contributed by atoms with Crippen molar-refractivity contribution in [3.8, 4) is 0 Å². The number of hydrogen-bond acceptors (Lipinski definition) is 5. The lowest BCUT2D eigenvalue weighted by Gasteiger charge is -2.29. The largest absolute Gasteiger partial charge is 0.460 e. The molecule has 1 aromatic carbocycles. The molecule has 0 amide bonds. The fourth-order valence-electron chi connectivity index (χ4n) is 2.36. The van der Waals surface area contributed by atoms with Crippen LogP contribution >= 0.6 is 0 Å². The average Bonchev–Trinajstić information content (AvgIpc) is 3.01. The number of ether oxygens (including phenoxy) is 3. The Morgan fingerprint density at radius 3 is 2.73 bits per heavy atom. The SMILES string of the molecule is C=C(C)C(=O)OCCOCCC1(c2ccccc2)NCCO1. The standard InChI is InChI=1S/C17H23NO4/c1-14(2)16(19)21-13-12-20-10-8-17(18-9-11-22-17)15-6-4-3-5-7-15/h3-7,18H,1,8-13H2,2H3. The summed E-state index contributed by atoms with van der Waals surface area (Å²) in [6.07, 6.45) is 0.700. The zero-order valence-corrected chi connectivity index (χ0v) is 13.0. The van der Waals surface area contributed by atoms with Gasteiger partial charge in [0.15, 0.2) is 0 Å². The van der Waals surface area contributed by atoms with Crippen molar-refractivity contribution >= 4 is 5.97 Å². The summed E-state index contributed by atoms with van der Waals surface area (Å²) in [4.78, 5) is 11.2. The maximum Gasteiger partial charge on any atom is 0.333 e. The predicted octanol–water partition coefficient (Wildman–Crippen LogP) is 1.99. The first-order valence-electron chi connectivity index (χ1n) is 7.49. The third-order valence-electron chi connectivity index (χ3n) is 3.51. The van der Waals surface area contributed by atoms with Gasteiger partial charge in [0.25, 0.3) is 0 Å². The molecule has 1 aromatic rings. The number of carbonyl (C=O) groups is 1. The van der Waals surface area contributed by atoms with Gasteiger partial charge < -0.3 is 14.2 Å². The highest BCUT2D eigenvalue weighted by Crippen LogP contribution is 2.29. The summed E-state index contributed by atoms with van der Waals surface area (Å²) < 4.78 is 16.4. The molecule has 1 heterocycles. The van der Waals surface area contributed by atoms with Crippen molar-refractivity contribution in [1.82, 2.24) is 5.32 Å². The van der Waals surface area contributed by atoms with Gasteiger partial charge in [-0.05, 0) is 12.5 Å². The topological polar surface area (TPSA) is 56.8 Å². The van der Waals surface area contributed by atoms with Gasteiger partial charge in [-0.1, -0.05) is 36.9 Å². The minimum Gasteiger partial charge on any atom is -0.460 e. The molecule has 1 fully saturated rings. The summed E-state index contributed by atoms with van der Waals surface area (Å²) >= 11 is 0. The minimum atomic E-state index is -0.477. The molecule has 0 aliphatic carbocycles. The summed E-state index contributed by atoms with van der Waals surface area (Å²) in [7, 11) is 0. The van der Waals surface area contributed by atoms with Gasteiger partial charge >= 0.3 is 5.97 Å². The van der Waals surface area contributed by atoms with Crippen LogP contribution in [-0.4, -0.2) is 38.9 Å². The number of benzene rings is 1. The van der Waals surface area contributed by atoms with Gasteiger partial charge in [0.05, 0.1) is 19.8 Å². The van der Waals surface area contributed by atoms with E-state index < -0.39 is 5.72 Å². The Labute approximate surface area is 131 Å². The summed E-state index contributed by atoms with van der Waals surface area (Å²) in [5.41, 5.74) is 1.02. The average molecular weight is 305 g/mol. The van der Waals surface area contributed by atoms with E-state index in [4.69, 9.17) is 14.2 Å². The lowest BCUT2D eigenvalue weighted by atomic mass is 10.00. The molecule has 1 unspecified atom stereocenters. The Morgan fingerprint density at radius 2 is 2.09 bits per heavy atom. The highest BCUT2D eigenvalue weighted by atomic mass is 16.6. The van der Waals surface area contributed by atoms with Crippen molar-refractivity contribution in [1.29, 1.82) is 0 Å². The minimum absolute atomic E-state index is 0.234. The van der Waals surface area contributed by atoms with Gasteiger partial charge in [0, 0.05) is 18.5 Å². The van der Waals surface area contributed by atoms with E-state index >= 15 is 0 Å². The van der Waals surface area contributed by atoms with Crippen molar-refractivity contribution in [2.75, 3.05) is 33.0 Å². The molecule has 22 heavy (non-hydrogen) atoms. The van der Waals surface area contributed by atoms with Gasteiger partial charge in [-0.15, -0.1) is 0 Å². The molecule has 2 rings (SSSR count). The summed E-state index contributed by atoms with van der Waals surface area (Å²) in [5, 5.41) is 3.41. The van der Waals surface area contributed by atoms with Crippen molar-refractivity contribution in [3.63, 3.8) is 0 Å². The van der Waals surface area contributed by atoms with Gasteiger partial charge in [0.2, 0.25) is 0 Å². The van der Waals surface area contributed by atoms with Crippen LogP contribution in [0.1, 0.15) is 18.9 Å². The van der Waals surface area contributed by atoms with E-state index in [9.17, 15) is 4.79 Å². The number of esters is 1. The molecular weight excluding hydrogens is 282 g/mol. The maximum absolute atomic E-state index is 11.2. The Hall–Kier alpha value is -1.69. The molecule has 1 aliphatic rings. The quantitative estimate of drug-likeness (QED) is 0.452. The fraction of sp³-hybridized carbons (Fsp3) is 0.471. The van der Waals surface area contributed by atoms with Crippen LogP contribution in [0.2, 0.25) is 0 Å². The van der Waals surface area contributed by atoms with Gasteiger partial charge in [-0.3, -0.25) is 5.32 Å². The third-order valence-corrected chi connectivity index (χ3v) is 3.51. The molecule has 120 valence electrons. The van der Waals surface area contributed by atoms with E-state index in [-0.39, 0.29) is 12.6 Å². The number of rotatable bonds is 8. The summed E-state index contributed by atoms with van der Waals surface area (Å²) in [6.45, 7) is 7.78. The van der Waals surface area contributed by atoms with E-state index in [1.165, 1.54) is 0 Å². The first-order chi connectivity index (χ1) is 10.6. The zero-order valence-electron chi connectivity index (χ0n) is 13.0. The smallest absolute Gasteiger partial charge is 0.333 e. The van der Waals surface area contributed by atoms with Crippen LogP contribution in [-0.2, 0) is 24.7 Å². The zero-order chi connectivity index (χ0) is 15.8. The van der Waals surface area contributed by atoms with E-state index in [1.807, 2.05) is 30.3 Å². The van der Waals surface area contributed by atoms with Crippen molar-refractivity contribution in [2.24, 2.45) is 0 Å². The van der Waals surface area contributed by atoms with Gasteiger partial charge in [0.1, 0.15) is 12.3 Å². The van der Waals surface area contributed by atoms with Crippen molar-refractivity contribution < 1.29 is 19.0 Å². The van der Waals surface area contributed by atoms with Crippen LogP contribution in [0.25, 0.3) is 0 Å². The van der Waals surface area contributed by atoms with E-state index in [0.717, 1.165) is 12.1 Å². The Kier molecular flexibility index (Phi) is 6.12. The molecule has 0 aromatic heterocycles. The second kappa shape index (κ2) is 8.08. The Morgan fingerprint density at radius 1 is 1.32 bits per heavy atom. The fourth-order valence-corrected chi connectivity index (χ4v) is 2.36. The summed E-state index contributed by atoms with van der Waals surface area (Å²) in [6, 6.07) is 10.1. The molecule has 5 heteroatoms. The van der Waals surface area contributed by atoms with Gasteiger partial charge in [-0.25, -0.2) is 4.79 Å². The molecule has 0 saturated carbocycles. The van der Waals surface area contributed by atoms with E-state index in [0.29, 0.717) is 31.8 Å². The lowest BCUT2D eigenvalue weighted by molar-refractivity contribution is -0.140. The molecule has 0 bridgehead atoms. The molecule has 1 saturated heterocycles. The lowest BCUT2D eigenvalue weighted by Crippen LogP contribution is -2.39. The Balaban J connectivity index is 1.74. The monoisotopic (exact) mass is 305 g/mol. The van der Waals surface area contributed by atoms with Crippen LogP contribution in [0, 0.1) is 0 Å². The number of carbonyl (C=O) groups excluding carboxylic acids is 1. The van der Waals surface area contributed by atoms with E-state index in [2.05, 4.69) is 11.9 Å². The molecule has 0 spiro atoms.